The number of benzene rings is 1. The van der Waals surface area contributed by atoms with Gasteiger partial charge in [-0.15, -0.1) is 0 Å². The van der Waals surface area contributed by atoms with Crippen molar-refractivity contribution in [3.8, 4) is 0 Å². The highest BCUT2D eigenvalue weighted by molar-refractivity contribution is 7.92. The van der Waals surface area contributed by atoms with Crippen LogP contribution in [0.5, 0.6) is 0 Å². The molecule has 7 heteroatoms. The summed E-state index contributed by atoms with van der Waals surface area (Å²) >= 11 is 0. The van der Waals surface area contributed by atoms with E-state index in [2.05, 4.69) is 0 Å². The van der Waals surface area contributed by atoms with E-state index in [0.717, 1.165) is 18.4 Å². The molecule has 0 aromatic heterocycles. The van der Waals surface area contributed by atoms with E-state index in [9.17, 15) is 18.0 Å². The molecule has 0 saturated heterocycles. The average Bonchev–Trinajstić information content (AvgIpc) is 3.49. The SMILES string of the molecule is CCOC(=O)C(CC=C1CC1)(C/C=C1\CCC(S(=O)(=O)c2ccccc2)C1)C(=O)OCC. The molecular formula is C25H32O6S. The summed E-state index contributed by atoms with van der Waals surface area (Å²) in [5.74, 6) is -1.17. The molecule has 1 atom stereocenters. The van der Waals surface area contributed by atoms with Gasteiger partial charge in [-0.25, -0.2) is 8.42 Å². The summed E-state index contributed by atoms with van der Waals surface area (Å²) in [5.41, 5.74) is 0.738. The number of sulfone groups is 1. The first kappa shape index (κ1) is 24.2. The van der Waals surface area contributed by atoms with Gasteiger partial charge in [-0.2, -0.15) is 0 Å². The molecule has 1 aromatic carbocycles. The smallest absolute Gasteiger partial charge is 0.324 e. The summed E-state index contributed by atoms with van der Waals surface area (Å²) in [6, 6.07) is 8.48. The summed E-state index contributed by atoms with van der Waals surface area (Å²) in [6.45, 7) is 3.76. The first-order valence-corrected chi connectivity index (χ1v) is 12.9. The van der Waals surface area contributed by atoms with Gasteiger partial charge in [0.1, 0.15) is 0 Å². The molecule has 2 fully saturated rings. The van der Waals surface area contributed by atoms with Gasteiger partial charge in [0.05, 0.1) is 23.4 Å². The maximum Gasteiger partial charge on any atom is 0.324 e. The largest absolute Gasteiger partial charge is 0.465 e. The van der Waals surface area contributed by atoms with E-state index in [1.54, 1.807) is 44.2 Å². The van der Waals surface area contributed by atoms with E-state index >= 15 is 0 Å². The Kier molecular flexibility index (Phi) is 7.93. The van der Waals surface area contributed by atoms with Crippen molar-refractivity contribution in [2.24, 2.45) is 5.41 Å². The van der Waals surface area contributed by atoms with Crippen molar-refractivity contribution in [3.63, 3.8) is 0 Å². The Bertz CT molecular complexity index is 967. The minimum Gasteiger partial charge on any atom is -0.465 e. The fraction of sp³-hybridized carbons (Fsp3) is 0.520. The molecule has 32 heavy (non-hydrogen) atoms. The topological polar surface area (TPSA) is 86.7 Å². The molecule has 0 bridgehead atoms. The summed E-state index contributed by atoms with van der Waals surface area (Å²) in [7, 11) is -3.42. The molecule has 1 aromatic rings. The number of carbonyl (C=O) groups excluding carboxylic acids is 2. The van der Waals surface area contributed by atoms with Crippen molar-refractivity contribution in [1.82, 2.24) is 0 Å². The lowest BCUT2D eigenvalue weighted by Crippen LogP contribution is -2.41. The van der Waals surface area contributed by atoms with Gasteiger partial charge in [-0.05, 0) is 70.9 Å². The van der Waals surface area contributed by atoms with Gasteiger partial charge in [0.25, 0.3) is 0 Å². The number of ether oxygens (including phenoxy) is 2. The first-order chi connectivity index (χ1) is 15.3. The number of esters is 2. The van der Waals surface area contributed by atoms with Crippen molar-refractivity contribution in [2.45, 2.75) is 68.9 Å². The van der Waals surface area contributed by atoms with Crippen LogP contribution in [0.25, 0.3) is 0 Å². The van der Waals surface area contributed by atoms with Crippen molar-refractivity contribution >= 4 is 21.8 Å². The fourth-order valence-electron chi connectivity index (χ4n) is 4.05. The summed E-state index contributed by atoms with van der Waals surface area (Å²) in [6.07, 6.45) is 7.71. The summed E-state index contributed by atoms with van der Waals surface area (Å²) in [5, 5.41) is -0.496. The molecule has 6 nitrogen and oxygen atoms in total. The molecule has 2 saturated carbocycles. The molecule has 0 N–H and O–H groups in total. The van der Waals surface area contributed by atoms with Crippen molar-refractivity contribution < 1.29 is 27.5 Å². The number of hydrogen-bond donors (Lipinski definition) is 0. The van der Waals surface area contributed by atoms with Gasteiger partial charge >= 0.3 is 11.9 Å². The highest BCUT2D eigenvalue weighted by Gasteiger charge is 2.48. The molecule has 1 unspecified atom stereocenters. The number of hydrogen-bond acceptors (Lipinski definition) is 6. The van der Waals surface area contributed by atoms with Gasteiger partial charge < -0.3 is 9.47 Å². The number of allylic oxidation sites excluding steroid dienone is 4. The van der Waals surface area contributed by atoms with Gasteiger partial charge in [-0.3, -0.25) is 9.59 Å². The normalized spacial score (nSPS) is 19.6. The average molecular weight is 461 g/mol. The Morgan fingerprint density at radius 3 is 2.03 bits per heavy atom. The van der Waals surface area contributed by atoms with E-state index in [1.165, 1.54) is 5.57 Å². The Labute approximate surface area is 190 Å². The van der Waals surface area contributed by atoms with Gasteiger partial charge in [0.15, 0.2) is 15.3 Å². The van der Waals surface area contributed by atoms with E-state index < -0.39 is 32.4 Å². The van der Waals surface area contributed by atoms with Crippen LogP contribution in [0.3, 0.4) is 0 Å². The zero-order valence-electron chi connectivity index (χ0n) is 18.8. The second kappa shape index (κ2) is 10.5. The highest BCUT2D eigenvalue weighted by Crippen LogP contribution is 2.39. The van der Waals surface area contributed by atoms with E-state index in [-0.39, 0.29) is 26.1 Å². The van der Waals surface area contributed by atoms with Crippen LogP contribution in [-0.2, 0) is 28.9 Å². The molecular weight excluding hydrogens is 428 g/mol. The van der Waals surface area contributed by atoms with E-state index in [0.29, 0.717) is 24.2 Å². The second-order valence-corrected chi connectivity index (χ2v) is 10.6. The van der Waals surface area contributed by atoms with Crippen LogP contribution in [0, 0.1) is 5.41 Å². The van der Waals surface area contributed by atoms with Gasteiger partial charge in [0, 0.05) is 0 Å². The Hall–Kier alpha value is -2.41. The van der Waals surface area contributed by atoms with Crippen molar-refractivity contribution in [1.29, 1.82) is 0 Å². The maximum absolute atomic E-state index is 13.0. The lowest BCUT2D eigenvalue weighted by Gasteiger charge is -2.27. The van der Waals surface area contributed by atoms with E-state index in [1.807, 2.05) is 12.2 Å². The van der Waals surface area contributed by atoms with Crippen LogP contribution in [-0.4, -0.2) is 38.8 Å². The molecule has 2 aliphatic rings. The monoisotopic (exact) mass is 460 g/mol. The summed E-state index contributed by atoms with van der Waals surface area (Å²) < 4.78 is 36.5. The second-order valence-electron chi connectivity index (χ2n) is 8.38. The molecule has 0 heterocycles. The zero-order chi connectivity index (χ0) is 23.2. The minimum absolute atomic E-state index is 0.141. The van der Waals surface area contributed by atoms with Gasteiger partial charge in [0.2, 0.25) is 0 Å². The van der Waals surface area contributed by atoms with Gasteiger partial charge in [-0.1, -0.05) is 41.5 Å². The Morgan fingerprint density at radius 1 is 0.938 bits per heavy atom. The minimum atomic E-state index is -3.42. The predicted molar refractivity (Wildman–Crippen MR) is 122 cm³/mol. The molecule has 3 rings (SSSR count). The molecule has 0 amide bonds. The zero-order valence-corrected chi connectivity index (χ0v) is 19.7. The number of carbonyl (C=O) groups is 2. The maximum atomic E-state index is 13.0. The lowest BCUT2D eigenvalue weighted by molar-refractivity contribution is -0.171. The molecule has 0 aliphatic heterocycles. The molecule has 174 valence electrons. The molecule has 0 spiro atoms. The molecule has 0 radical (unpaired) electrons. The third kappa shape index (κ3) is 5.49. The lowest BCUT2D eigenvalue weighted by atomic mass is 9.80. The van der Waals surface area contributed by atoms with Crippen LogP contribution >= 0.6 is 0 Å². The first-order valence-electron chi connectivity index (χ1n) is 11.3. The third-order valence-corrected chi connectivity index (χ3v) is 8.35. The van der Waals surface area contributed by atoms with E-state index in [4.69, 9.17) is 9.47 Å². The fourth-order valence-corrected chi connectivity index (χ4v) is 5.83. The van der Waals surface area contributed by atoms with Crippen LogP contribution in [0.4, 0.5) is 0 Å². The van der Waals surface area contributed by atoms with Crippen LogP contribution in [0.15, 0.2) is 58.5 Å². The van der Waals surface area contributed by atoms with Crippen LogP contribution < -0.4 is 0 Å². The Balaban J connectivity index is 1.82. The molecule has 2 aliphatic carbocycles. The summed E-state index contributed by atoms with van der Waals surface area (Å²) in [4.78, 5) is 26.2. The predicted octanol–water partition coefficient (Wildman–Crippen LogP) is 4.55. The van der Waals surface area contributed by atoms with Crippen LogP contribution in [0.2, 0.25) is 0 Å². The highest BCUT2D eigenvalue weighted by atomic mass is 32.2. The van der Waals surface area contributed by atoms with Crippen LogP contribution in [0.1, 0.15) is 58.8 Å². The quantitative estimate of drug-likeness (QED) is 0.289. The van der Waals surface area contributed by atoms with Crippen molar-refractivity contribution in [3.05, 3.63) is 53.6 Å². The third-order valence-electron chi connectivity index (χ3n) is 6.14. The van der Waals surface area contributed by atoms with Crippen molar-refractivity contribution in [2.75, 3.05) is 13.2 Å². The Morgan fingerprint density at radius 2 is 1.50 bits per heavy atom. The number of rotatable bonds is 10. The standard InChI is InChI=1S/C25H32O6S/c1-3-30-23(26)25(24(27)31-4-2,16-14-19-10-11-19)17-15-20-12-13-22(18-20)32(28,29)21-8-6-5-7-9-21/h5-9,14-15,22H,3-4,10-13,16-18H2,1-2H3/b20-15+.